The highest BCUT2D eigenvalue weighted by atomic mass is 16.6. The second-order valence-electron chi connectivity index (χ2n) is 4.47. The van der Waals surface area contributed by atoms with Gasteiger partial charge in [-0.1, -0.05) is 12.1 Å². The zero-order valence-electron chi connectivity index (χ0n) is 11.8. The first kappa shape index (κ1) is 14.7. The van der Waals surface area contributed by atoms with Gasteiger partial charge in [-0.05, 0) is 19.4 Å². The van der Waals surface area contributed by atoms with Crippen molar-refractivity contribution in [1.82, 2.24) is 9.78 Å². The van der Waals surface area contributed by atoms with E-state index in [-0.39, 0.29) is 5.69 Å². The maximum absolute atomic E-state index is 11.7. The number of rotatable bonds is 5. The summed E-state index contributed by atoms with van der Waals surface area (Å²) in [7, 11) is 0. The molecular formula is C14H15N3O4. The summed E-state index contributed by atoms with van der Waals surface area (Å²) in [6.07, 6.45) is 1.59. The number of carbonyl (C=O) groups excluding carboxylic acids is 1. The number of ether oxygens (including phenoxy) is 1. The van der Waals surface area contributed by atoms with Crippen LogP contribution in [0, 0.1) is 17.0 Å². The summed E-state index contributed by atoms with van der Waals surface area (Å²) in [6.45, 7) is 4.10. The Labute approximate surface area is 121 Å². The Bertz CT molecular complexity index is 679. The summed E-state index contributed by atoms with van der Waals surface area (Å²) in [6, 6.07) is 6.31. The average Bonchev–Trinajstić information content (AvgIpc) is 2.80. The Hall–Kier alpha value is -2.70. The molecule has 7 nitrogen and oxygen atoms in total. The minimum atomic E-state index is -0.443. The van der Waals surface area contributed by atoms with Crippen molar-refractivity contribution < 1.29 is 14.5 Å². The van der Waals surface area contributed by atoms with Crippen molar-refractivity contribution in [3.63, 3.8) is 0 Å². The molecule has 1 heterocycles. The normalized spacial score (nSPS) is 10.4. The molecular weight excluding hydrogens is 274 g/mol. The van der Waals surface area contributed by atoms with Gasteiger partial charge in [0, 0.05) is 18.3 Å². The highest BCUT2D eigenvalue weighted by Crippen LogP contribution is 2.15. The molecule has 21 heavy (non-hydrogen) atoms. The number of nitro benzene ring substituents is 1. The smallest absolute Gasteiger partial charge is 0.341 e. The Morgan fingerprint density at radius 3 is 2.90 bits per heavy atom. The van der Waals surface area contributed by atoms with Crippen molar-refractivity contribution in [2.24, 2.45) is 0 Å². The largest absolute Gasteiger partial charge is 0.462 e. The van der Waals surface area contributed by atoms with Crippen LogP contribution in [0.5, 0.6) is 0 Å². The van der Waals surface area contributed by atoms with Crippen LogP contribution in [-0.2, 0) is 11.3 Å². The first-order chi connectivity index (χ1) is 10.0. The number of nitrogens with zero attached hydrogens (tertiary/aromatic N) is 3. The summed E-state index contributed by atoms with van der Waals surface area (Å²) < 4.78 is 6.51. The Balaban J connectivity index is 2.20. The monoisotopic (exact) mass is 289 g/mol. The third-order valence-electron chi connectivity index (χ3n) is 2.91. The van der Waals surface area contributed by atoms with Crippen LogP contribution >= 0.6 is 0 Å². The van der Waals surface area contributed by atoms with E-state index in [1.54, 1.807) is 36.9 Å². The minimum absolute atomic E-state index is 0.0296. The minimum Gasteiger partial charge on any atom is -0.462 e. The second-order valence-corrected chi connectivity index (χ2v) is 4.47. The molecule has 0 unspecified atom stereocenters. The molecule has 0 saturated carbocycles. The van der Waals surface area contributed by atoms with E-state index in [0.717, 1.165) is 5.56 Å². The number of nitro groups is 1. The molecule has 0 atom stereocenters. The molecule has 0 N–H and O–H groups in total. The van der Waals surface area contributed by atoms with Crippen molar-refractivity contribution in [2.45, 2.75) is 20.4 Å². The molecule has 0 aliphatic heterocycles. The van der Waals surface area contributed by atoms with Gasteiger partial charge in [-0.2, -0.15) is 5.10 Å². The summed E-state index contributed by atoms with van der Waals surface area (Å²) in [4.78, 5) is 22.0. The van der Waals surface area contributed by atoms with Gasteiger partial charge in [0.1, 0.15) is 5.56 Å². The fourth-order valence-corrected chi connectivity index (χ4v) is 1.96. The third-order valence-corrected chi connectivity index (χ3v) is 2.91. The first-order valence-corrected chi connectivity index (χ1v) is 6.45. The Morgan fingerprint density at radius 1 is 1.48 bits per heavy atom. The number of benzene rings is 1. The van der Waals surface area contributed by atoms with Crippen LogP contribution in [-0.4, -0.2) is 27.3 Å². The van der Waals surface area contributed by atoms with Crippen LogP contribution in [0.1, 0.15) is 28.5 Å². The van der Waals surface area contributed by atoms with Crippen LogP contribution < -0.4 is 0 Å². The van der Waals surface area contributed by atoms with Crippen molar-refractivity contribution in [3.8, 4) is 0 Å². The molecule has 1 aromatic carbocycles. The summed E-state index contributed by atoms with van der Waals surface area (Å²) in [5.41, 5.74) is 1.74. The SMILES string of the molecule is CCOC(=O)c1cn(Cc2cccc([N+](=O)[O-])c2)nc1C. The Kier molecular flexibility index (Phi) is 4.32. The molecule has 7 heteroatoms. The molecule has 1 aromatic heterocycles. The van der Waals surface area contributed by atoms with Crippen molar-refractivity contribution in [2.75, 3.05) is 6.61 Å². The average molecular weight is 289 g/mol. The predicted octanol–water partition coefficient (Wildman–Crippen LogP) is 2.32. The summed E-state index contributed by atoms with van der Waals surface area (Å²) in [5.74, 6) is -0.416. The van der Waals surface area contributed by atoms with Crippen molar-refractivity contribution >= 4 is 11.7 Å². The molecule has 110 valence electrons. The lowest BCUT2D eigenvalue weighted by Gasteiger charge is -2.01. The van der Waals surface area contributed by atoms with E-state index < -0.39 is 10.9 Å². The van der Waals surface area contributed by atoms with Gasteiger partial charge in [0.05, 0.1) is 23.8 Å². The van der Waals surface area contributed by atoms with Gasteiger partial charge < -0.3 is 4.74 Å². The van der Waals surface area contributed by atoms with Gasteiger partial charge in [0.2, 0.25) is 0 Å². The van der Waals surface area contributed by atoms with E-state index >= 15 is 0 Å². The summed E-state index contributed by atoms with van der Waals surface area (Å²) in [5, 5.41) is 15.0. The highest BCUT2D eigenvalue weighted by molar-refractivity contribution is 5.90. The number of hydrogen-bond donors (Lipinski definition) is 0. The molecule has 0 radical (unpaired) electrons. The van der Waals surface area contributed by atoms with E-state index in [1.807, 2.05) is 0 Å². The molecule has 0 aliphatic rings. The lowest BCUT2D eigenvalue weighted by Crippen LogP contribution is -2.05. The van der Waals surface area contributed by atoms with Gasteiger partial charge in [0.25, 0.3) is 5.69 Å². The number of esters is 1. The lowest BCUT2D eigenvalue weighted by atomic mass is 10.2. The van der Waals surface area contributed by atoms with E-state index in [2.05, 4.69) is 5.10 Å². The number of hydrogen-bond acceptors (Lipinski definition) is 5. The lowest BCUT2D eigenvalue weighted by molar-refractivity contribution is -0.384. The number of aromatic nitrogens is 2. The number of aryl methyl sites for hydroxylation is 1. The number of non-ortho nitro benzene ring substituents is 1. The highest BCUT2D eigenvalue weighted by Gasteiger charge is 2.15. The molecule has 2 rings (SSSR count). The molecule has 0 spiro atoms. The van der Waals surface area contributed by atoms with Gasteiger partial charge in [0.15, 0.2) is 0 Å². The summed E-state index contributed by atoms with van der Waals surface area (Å²) >= 11 is 0. The van der Waals surface area contributed by atoms with Gasteiger partial charge in [-0.15, -0.1) is 0 Å². The first-order valence-electron chi connectivity index (χ1n) is 6.45. The standard InChI is InChI=1S/C14H15N3O4/c1-3-21-14(18)13-9-16(15-10(13)2)8-11-5-4-6-12(7-11)17(19)20/h4-7,9H,3,8H2,1-2H3. The quantitative estimate of drug-likeness (QED) is 0.479. The molecule has 0 fully saturated rings. The van der Waals surface area contributed by atoms with Crippen LogP contribution in [0.15, 0.2) is 30.5 Å². The van der Waals surface area contributed by atoms with Crippen molar-refractivity contribution in [3.05, 3.63) is 57.4 Å². The predicted molar refractivity (Wildman–Crippen MR) is 75.1 cm³/mol. The number of carbonyl (C=O) groups is 1. The van der Waals surface area contributed by atoms with E-state index in [0.29, 0.717) is 24.4 Å². The zero-order chi connectivity index (χ0) is 15.4. The third kappa shape index (κ3) is 3.44. The fourth-order valence-electron chi connectivity index (χ4n) is 1.96. The van der Waals surface area contributed by atoms with Crippen LogP contribution in [0.4, 0.5) is 5.69 Å². The van der Waals surface area contributed by atoms with E-state index in [4.69, 9.17) is 4.74 Å². The van der Waals surface area contributed by atoms with Gasteiger partial charge in [-0.25, -0.2) is 4.79 Å². The molecule has 0 saturated heterocycles. The maximum Gasteiger partial charge on any atom is 0.341 e. The van der Waals surface area contributed by atoms with Crippen molar-refractivity contribution in [1.29, 1.82) is 0 Å². The van der Waals surface area contributed by atoms with Crippen LogP contribution in [0.3, 0.4) is 0 Å². The van der Waals surface area contributed by atoms with Crippen LogP contribution in [0.2, 0.25) is 0 Å². The van der Waals surface area contributed by atoms with E-state index in [1.165, 1.54) is 12.1 Å². The van der Waals surface area contributed by atoms with Gasteiger partial charge >= 0.3 is 5.97 Å². The van der Waals surface area contributed by atoms with Crippen LogP contribution in [0.25, 0.3) is 0 Å². The molecule has 0 amide bonds. The molecule has 2 aromatic rings. The van der Waals surface area contributed by atoms with Gasteiger partial charge in [-0.3, -0.25) is 14.8 Å². The topological polar surface area (TPSA) is 87.3 Å². The van der Waals surface area contributed by atoms with E-state index in [9.17, 15) is 14.9 Å². The molecule has 0 aliphatic carbocycles. The maximum atomic E-state index is 11.7. The molecule has 0 bridgehead atoms. The second kappa shape index (κ2) is 6.17. The zero-order valence-corrected chi connectivity index (χ0v) is 11.8. The Morgan fingerprint density at radius 2 is 2.24 bits per heavy atom. The fraction of sp³-hybridized carbons (Fsp3) is 0.286.